The molecule has 2 N–H and O–H groups in total. The highest BCUT2D eigenvalue weighted by molar-refractivity contribution is 6.03. The van der Waals surface area contributed by atoms with Crippen molar-refractivity contribution < 1.29 is 24.2 Å². The number of esters is 1. The second-order valence-corrected chi connectivity index (χ2v) is 8.54. The van der Waals surface area contributed by atoms with Crippen LogP contribution in [0.4, 0.5) is 17.1 Å². The van der Waals surface area contributed by atoms with Gasteiger partial charge in [-0.2, -0.15) is 5.10 Å². The molecule has 0 heterocycles. The third kappa shape index (κ3) is 7.35. The van der Waals surface area contributed by atoms with E-state index in [-0.39, 0.29) is 18.0 Å². The molecule has 0 aromatic heterocycles. The minimum atomic E-state index is -1.13. The Labute approximate surface area is 233 Å². The molecule has 1 amide bonds. The number of nitro benzene ring substituents is 2. The number of nitrogens with zero attached hydrogens (tertiary/aromatic N) is 3. The fourth-order valence-corrected chi connectivity index (χ4v) is 3.77. The van der Waals surface area contributed by atoms with E-state index in [2.05, 4.69) is 15.8 Å². The van der Waals surface area contributed by atoms with Crippen LogP contribution in [0.25, 0.3) is 0 Å². The second-order valence-electron chi connectivity index (χ2n) is 8.54. The minimum Gasteiger partial charge on any atom is -0.457 e. The molecular weight excluding hydrogens is 530 g/mol. The summed E-state index contributed by atoms with van der Waals surface area (Å²) in [5.74, 6) is -1.23. The lowest BCUT2D eigenvalue weighted by molar-refractivity contribution is -0.393. The van der Waals surface area contributed by atoms with E-state index in [9.17, 15) is 29.8 Å². The number of hydrogen-bond acceptors (Lipinski definition) is 9. The Morgan fingerprint density at radius 2 is 1.37 bits per heavy atom. The summed E-state index contributed by atoms with van der Waals surface area (Å²) < 4.78 is 5.58. The molecule has 4 aromatic rings. The zero-order valence-electron chi connectivity index (χ0n) is 21.4. The van der Waals surface area contributed by atoms with Crippen LogP contribution in [-0.2, 0) is 9.53 Å². The highest BCUT2D eigenvalue weighted by Crippen LogP contribution is 2.29. The number of non-ortho nitro benzene ring substituents is 1. The van der Waals surface area contributed by atoms with Crippen molar-refractivity contribution in [1.29, 1.82) is 0 Å². The molecule has 0 aliphatic carbocycles. The van der Waals surface area contributed by atoms with Crippen LogP contribution in [0.15, 0.2) is 114 Å². The monoisotopic (exact) mass is 553 g/mol. The van der Waals surface area contributed by atoms with Crippen molar-refractivity contribution in [1.82, 2.24) is 5.32 Å². The van der Waals surface area contributed by atoms with Crippen LogP contribution in [0.3, 0.4) is 0 Å². The molecule has 12 nitrogen and oxygen atoms in total. The predicted molar refractivity (Wildman–Crippen MR) is 150 cm³/mol. The van der Waals surface area contributed by atoms with E-state index in [0.29, 0.717) is 16.7 Å². The smallest absolute Gasteiger partial charge is 0.333 e. The Hall–Kier alpha value is -5.91. The van der Waals surface area contributed by atoms with Crippen molar-refractivity contribution in [2.75, 3.05) is 12.0 Å². The van der Waals surface area contributed by atoms with Crippen LogP contribution in [0.5, 0.6) is 0 Å². The lowest BCUT2D eigenvalue weighted by Crippen LogP contribution is -2.35. The Morgan fingerprint density at radius 1 is 0.780 bits per heavy atom. The molecule has 4 aromatic carbocycles. The van der Waals surface area contributed by atoms with Crippen LogP contribution in [-0.4, -0.2) is 34.0 Å². The molecule has 12 heteroatoms. The van der Waals surface area contributed by atoms with Crippen molar-refractivity contribution in [3.8, 4) is 0 Å². The number of nitro groups is 2. The van der Waals surface area contributed by atoms with Gasteiger partial charge in [0.25, 0.3) is 11.6 Å². The molecule has 1 unspecified atom stereocenters. The Kier molecular flexibility index (Phi) is 9.08. The first-order valence-electron chi connectivity index (χ1n) is 12.2. The number of benzene rings is 4. The number of hydrogen-bond donors (Lipinski definition) is 2. The van der Waals surface area contributed by atoms with Gasteiger partial charge in [-0.15, -0.1) is 0 Å². The molecule has 0 bridgehead atoms. The molecule has 41 heavy (non-hydrogen) atoms. The molecule has 0 aliphatic heterocycles. The summed E-state index contributed by atoms with van der Waals surface area (Å²) in [5, 5.41) is 29.5. The molecular formula is C29H23N5O7. The van der Waals surface area contributed by atoms with Gasteiger partial charge in [-0.05, 0) is 23.8 Å². The lowest BCUT2D eigenvalue weighted by atomic mass is 10.1. The first-order chi connectivity index (χ1) is 19.8. The summed E-state index contributed by atoms with van der Waals surface area (Å²) in [5.41, 5.74) is 3.06. The van der Waals surface area contributed by atoms with Crippen LogP contribution < -0.4 is 10.7 Å². The SMILES string of the molecule is O=C(NC(C(=O)OCC(=NNc1ccc([N+](=O)[O-])cc1[N+](=O)[O-])c1ccccc1)c1ccccc1)c1ccccc1. The van der Waals surface area contributed by atoms with Gasteiger partial charge in [-0.25, -0.2) is 4.79 Å². The fraction of sp³-hybridized carbons (Fsp3) is 0.0690. The topological polar surface area (TPSA) is 166 Å². The molecule has 0 saturated heterocycles. The molecule has 0 radical (unpaired) electrons. The van der Waals surface area contributed by atoms with Gasteiger partial charge in [0.1, 0.15) is 18.0 Å². The Morgan fingerprint density at radius 3 is 1.95 bits per heavy atom. The number of carbonyl (C=O) groups excluding carboxylic acids is 2. The highest BCUT2D eigenvalue weighted by Gasteiger charge is 2.26. The van der Waals surface area contributed by atoms with Gasteiger partial charge < -0.3 is 10.1 Å². The van der Waals surface area contributed by atoms with Crippen molar-refractivity contribution in [2.24, 2.45) is 5.10 Å². The second kappa shape index (κ2) is 13.2. The molecule has 0 spiro atoms. The van der Waals surface area contributed by atoms with Crippen LogP contribution >= 0.6 is 0 Å². The fourth-order valence-electron chi connectivity index (χ4n) is 3.77. The summed E-state index contributed by atoms with van der Waals surface area (Å²) in [4.78, 5) is 47.2. The number of carbonyl (C=O) groups is 2. The summed E-state index contributed by atoms with van der Waals surface area (Å²) in [6, 6.07) is 27.6. The van der Waals surface area contributed by atoms with E-state index in [1.54, 1.807) is 91.0 Å². The number of nitrogens with one attached hydrogen (secondary N) is 2. The van der Waals surface area contributed by atoms with Gasteiger partial charge in [-0.1, -0.05) is 78.9 Å². The molecule has 0 saturated carbocycles. The molecule has 1 atom stereocenters. The highest BCUT2D eigenvalue weighted by atomic mass is 16.6. The van der Waals surface area contributed by atoms with Crippen molar-refractivity contribution in [3.63, 3.8) is 0 Å². The van der Waals surface area contributed by atoms with Gasteiger partial charge >= 0.3 is 11.7 Å². The van der Waals surface area contributed by atoms with Crippen LogP contribution in [0.2, 0.25) is 0 Å². The quantitative estimate of drug-likeness (QED) is 0.113. The van der Waals surface area contributed by atoms with Gasteiger partial charge in [0, 0.05) is 17.2 Å². The van der Waals surface area contributed by atoms with E-state index in [1.807, 2.05) is 0 Å². The third-order valence-electron chi connectivity index (χ3n) is 5.84. The summed E-state index contributed by atoms with van der Waals surface area (Å²) in [6.45, 7) is -0.360. The maximum atomic E-state index is 13.3. The maximum absolute atomic E-state index is 13.3. The zero-order chi connectivity index (χ0) is 29.2. The van der Waals surface area contributed by atoms with E-state index in [1.165, 1.54) is 6.07 Å². The molecule has 4 rings (SSSR count). The third-order valence-corrected chi connectivity index (χ3v) is 5.84. The van der Waals surface area contributed by atoms with Crippen LogP contribution in [0.1, 0.15) is 27.5 Å². The molecule has 0 fully saturated rings. The average Bonchev–Trinajstić information content (AvgIpc) is 3.00. The maximum Gasteiger partial charge on any atom is 0.333 e. The normalized spacial score (nSPS) is 11.7. The van der Waals surface area contributed by atoms with Crippen LogP contribution in [0, 0.1) is 20.2 Å². The summed E-state index contributed by atoms with van der Waals surface area (Å²) in [7, 11) is 0. The number of rotatable bonds is 11. The number of amides is 1. The van der Waals surface area contributed by atoms with Crippen molar-refractivity contribution >= 4 is 34.7 Å². The number of ether oxygens (including phenoxy) is 1. The Balaban J connectivity index is 1.58. The number of hydrazone groups is 1. The van der Waals surface area contributed by atoms with E-state index in [0.717, 1.165) is 12.1 Å². The molecule has 206 valence electrons. The van der Waals surface area contributed by atoms with Gasteiger partial charge in [0.05, 0.1) is 15.9 Å². The van der Waals surface area contributed by atoms with Crippen molar-refractivity contribution in [3.05, 3.63) is 146 Å². The Bertz CT molecular complexity index is 1580. The standard InChI is InChI=1S/C29H23N5O7/c35-28(22-14-8-3-9-15-22)30-27(21-12-6-2-7-13-21)29(36)41-19-25(20-10-4-1-5-11-20)32-31-24-17-16-23(33(37)38)18-26(24)34(39)40/h1-18,27,31H,19H2,(H,30,35). The van der Waals surface area contributed by atoms with Gasteiger partial charge in [0.15, 0.2) is 6.04 Å². The largest absolute Gasteiger partial charge is 0.457 e. The zero-order valence-corrected chi connectivity index (χ0v) is 21.4. The first-order valence-corrected chi connectivity index (χ1v) is 12.2. The number of anilines is 1. The average molecular weight is 554 g/mol. The van der Waals surface area contributed by atoms with Gasteiger partial charge in [-0.3, -0.25) is 30.4 Å². The summed E-state index contributed by atoms with van der Waals surface area (Å²) >= 11 is 0. The first kappa shape index (κ1) is 28.1. The lowest BCUT2D eigenvalue weighted by Gasteiger charge is -2.19. The predicted octanol–water partition coefficient (Wildman–Crippen LogP) is 5.03. The summed E-state index contributed by atoms with van der Waals surface area (Å²) in [6.07, 6.45) is 0. The van der Waals surface area contributed by atoms with E-state index >= 15 is 0 Å². The van der Waals surface area contributed by atoms with Crippen molar-refractivity contribution in [2.45, 2.75) is 6.04 Å². The van der Waals surface area contributed by atoms with Gasteiger partial charge in [0.2, 0.25) is 0 Å². The minimum absolute atomic E-state index is 0.0994. The molecule has 0 aliphatic rings. The van der Waals surface area contributed by atoms with E-state index in [4.69, 9.17) is 4.74 Å². The van der Waals surface area contributed by atoms with E-state index < -0.39 is 39.1 Å².